The van der Waals surface area contributed by atoms with Crippen LogP contribution in [0.1, 0.15) is 17.9 Å². The third-order valence-corrected chi connectivity index (χ3v) is 8.07. The molecule has 1 fully saturated rings. The number of carboxylic acids is 1. The first-order valence-corrected chi connectivity index (χ1v) is 13.2. The second-order valence-electron chi connectivity index (χ2n) is 7.36. The first-order valence-electron chi connectivity index (χ1n) is 9.27. The Kier molecular flexibility index (Phi) is 6.06. The zero-order chi connectivity index (χ0) is 22.2. The number of anilines is 1. The Balaban J connectivity index is 1.47. The molecular weight excluding hydrogens is 476 g/mol. The molecule has 1 aliphatic rings. The van der Waals surface area contributed by atoms with Crippen molar-refractivity contribution in [3.8, 4) is 10.4 Å². The number of halogens is 1. The highest BCUT2D eigenvalue weighted by Crippen LogP contribution is 2.53. The van der Waals surface area contributed by atoms with Crippen LogP contribution in [0.4, 0.5) is 5.69 Å². The minimum atomic E-state index is -3.41. The number of sulfonamides is 1. The summed E-state index contributed by atoms with van der Waals surface area (Å²) in [5.41, 5.74) is 1.15. The molecule has 0 amide bonds. The average Bonchev–Trinajstić information content (AvgIpc) is 3.27. The van der Waals surface area contributed by atoms with Crippen LogP contribution in [0.25, 0.3) is 10.4 Å². The zero-order valence-electron chi connectivity index (χ0n) is 16.3. The Morgan fingerprint density at radius 3 is 2.61 bits per heavy atom. The van der Waals surface area contributed by atoms with Crippen molar-refractivity contribution in [2.75, 3.05) is 11.0 Å². The van der Waals surface area contributed by atoms with Crippen molar-refractivity contribution in [1.29, 1.82) is 0 Å². The van der Waals surface area contributed by atoms with Crippen molar-refractivity contribution in [3.63, 3.8) is 0 Å². The standard InChI is InChI=1S/C21H19ClN2O4S3/c1-31(27,28)23-16-4-2-3-14(11-16)17-12-21(17,20(25)26)24-30-19-10-9-18(29-19)13-5-7-15(22)8-6-13/h2-11,17,23-24H,12H2,1H3,(H,25,26). The summed E-state index contributed by atoms with van der Waals surface area (Å²) in [5.74, 6) is -1.18. The van der Waals surface area contributed by atoms with Gasteiger partial charge in [-0.05, 0) is 65.9 Å². The first-order chi connectivity index (χ1) is 14.7. The minimum Gasteiger partial charge on any atom is -0.480 e. The van der Waals surface area contributed by atoms with Gasteiger partial charge in [0.2, 0.25) is 10.0 Å². The molecule has 2 unspecified atom stereocenters. The Morgan fingerprint density at radius 1 is 1.19 bits per heavy atom. The summed E-state index contributed by atoms with van der Waals surface area (Å²) in [6, 6.07) is 18.4. The number of benzene rings is 2. The summed E-state index contributed by atoms with van der Waals surface area (Å²) < 4.78 is 29.5. The minimum absolute atomic E-state index is 0.255. The fraction of sp³-hybridized carbons (Fsp3) is 0.190. The van der Waals surface area contributed by atoms with Crippen molar-refractivity contribution in [2.45, 2.75) is 22.1 Å². The molecule has 1 aromatic heterocycles. The van der Waals surface area contributed by atoms with Crippen LogP contribution in [0.3, 0.4) is 0 Å². The number of rotatable bonds is 8. The van der Waals surface area contributed by atoms with Gasteiger partial charge in [0.05, 0.1) is 10.5 Å². The van der Waals surface area contributed by atoms with Crippen molar-refractivity contribution in [1.82, 2.24) is 4.72 Å². The van der Waals surface area contributed by atoms with E-state index < -0.39 is 21.5 Å². The van der Waals surface area contributed by atoms with E-state index >= 15 is 0 Å². The van der Waals surface area contributed by atoms with E-state index in [0.29, 0.717) is 17.1 Å². The maximum Gasteiger partial charge on any atom is 0.325 e. The summed E-state index contributed by atoms with van der Waals surface area (Å²) in [6.07, 6.45) is 1.50. The van der Waals surface area contributed by atoms with Crippen LogP contribution >= 0.6 is 34.9 Å². The van der Waals surface area contributed by atoms with Crippen molar-refractivity contribution in [3.05, 3.63) is 71.2 Å². The molecule has 4 rings (SSSR count). The van der Waals surface area contributed by atoms with Crippen molar-refractivity contribution >= 4 is 56.6 Å². The van der Waals surface area contributed by atoms with Gasteiger partial charge < -0.3 is 5.11 Å². The Bertz CT molecular complexity index is 1230. The Morgan fingerprint density at radius 2 is 1.94 bits per heavy atom. The molecule has 0 bridgehead atoms. The number of nitrogens with one attached hydrogen (secondary N) is 2. The third-order valence-electron chi connectivity index (χ3n) is 4.98. The molecule has 0 spiro atoms. The molecule has 6 nitrogen and oxygen atoms in total. The highest BCUT2D eigenvalue weighted by atomic mass is 35.5. The number of hydrogen-bond acceptors (Lipinski definition) is 6. The number of aliphatic carboxylic acids is 1. The average molecular weight is 495 g/mol. The van der Waals surface area contributed by atoms with Crippen LogP contribution in [0, 0.1) is 0 Å². The summed E-state index contributed by atoms with van der Waals surface area (Å²) >= 11 is 8.81. The topological polar surface area (TPSA) is 95.5 Å². The highest BCUT2D eigenvalue weighted by Gasteiger charge is 2.61. The van der Waals surface area contributed by atoms with E-state index in [4.69, 9.17) is 11.6 Å². The van der Waals surface area contributed by atoms with E-state index in [2.05, 4.69) is 9.44 Å². The highest BCUT2D eigenvalue weighted by molar-refractivity contribution is 7.99. The lowest BCUT2D eigenvalue weighted by Gasteiger charge is -2.14. The maximum absolute atomic E-state index is 12.1. The summed E-state index contributed by atoms with van der Waals surface area (Å²) in [5, 5.41) is 10.6. The predicted molar refractivity (Wildman–Crippen MR) is 126 cm³/mol. The maximum atomic E-state index is 12.1. The summed E-state index contributed by atoms with van der Waals surface area (Å²) in [4.78, 5) is 13.1. The first kappa shape index (κ1) is 22.2. The Labute approximate surface area is 193 Å². The molecule has 0 saturated heterocycles. The largest absolute Gasteiger partial charge is 0.480 e. The molecule has 0 aliphatic heterocycles. The molecule has 0 radical (unpaired) electrons. The molecule has 1 heterocycles. The van der Waals surface area contributed by atoms with Crippen LogP contribution in [-0.4, -0.2) is 31.3 Å². The van der Waals surface area contributed by atoms with Crippen LogP contribution < -0.4 is 9.44 Å². The molecule has 162 valence electrons. The molecule has 3 N–H and O–H groups in total. The van der Waals surface area contributed by atoms with Crippen LogP contribution in [-0.2, 0) is 14.8 Å². The Hall–Kier alpha value is -2.04. The predicted octanol–water partition coefficient (Wildman–Crippen LogP) is 5.05. The number of carbonyl (C=O) groups is 1. The molecule has 31 heavy (non-hydrogen) atoms. The fourth-order valence-electron chi connectivity index (χ4n) is 3.38. The van der Waals surface area contributed by atoms with E-state index in [9.17, 15) is 18.3 Å². The summed E-state index contributed by atoms with van der Waals surface area (Å²) in [7, 11) is -3.41. The van der Waals surface area contributed by atoms with Crippen molar-refractivity contribution in [2.24, 2.45) is 0 Å². The van der Waals surface area contributed by atoms with Gasteiger partial charge in [-0.15, -0.1) is 11.3 Å². The van der Waals surface area contributed by atoms with Gasteiger partial charge in [-0.2, -0.15) is 0 Å². The van der Waals surface area contributed by atoms with Gasteiger partial charge in [0.15, 0.2) is 0 Å². The molecular formula is C21H19ClN2O4S3. The molecule has 10 heteroatoms. The lowest BCUT2D eigenvalue weighted by atomic mass is 10.1. The molecule has 1 saturated carbocycles. The molecule has 2 atom stereocenters. The van der Waals surface area contributed by atoms with Gasteiger partial charge in [-0.1, -0.05) is 35.9 Å². The quantitative estimate of drug-likeness (QED) is 0.379. The van der Waals surface area contributed by atoms with Crippen LogP contribution in [0.5, 0.6) is 0 Å². The van der Waals surface area contributed by atoms with Gasteiger partial charge in [0.25, 0.3) is 0 Å². The normalized spacial score (nSPS) is 20.4. The van der Waals surface area contributed by atoms with E-state index in [0.717, 1.165) is 26.5 Å². The van der Waals surface area contributed by atoms with E-state index in [1.165, 1.54) is 11.9 Å². The van der Waals surface area contributed by atoms with E-state index in [-0.39, 0.29) is 5.92 Å². The third kappa shape index (κ3) is 5.07. The summed E-state index contributed by atoms with van der Waals surface area (Å²) in [6.45, 7) is 0. The fourth-order valence-corrected chi connectivity index (χ4v) is 6.09. The van der Waals surface area contributed by atoms with Gasteiger partial charge in [0.1, 0.15) is 5.54 Å². The molecule has 2 aromatic carbocycles. The second-order valence-corrected chi connectivity index (χ2v) is 11.7. The van der Waals surface area contributed by atoms with E-state index in [1.807, 2.05) is 42.5 Å². The van der Waals surface area contributed by atoms with Crippen molar-refractivity contribution < 1.29 is 18.3 Å². The lowest BCUT2D eigenvalue weighted by Crippen LogP contribution is -2.36. The van der Waals surface area contributed by atoms with Crippen LogP contribution in [0.15, 0.2) is 64.9 Å². The number of thiophene rings is 1. The molecule has 1 aliphatic carbocycles. The second kappa shape index (κ2) is 8.48. The van der Waals surface area contributed by atoms with Gasteiger partial charge in [-0.25, -0.2) is 13.1 Å². The smallest absolute Gasteiger partial charge is 0.325 e. The number of hydrogen-bond donors (Lipinski definition) is 3. The monoisotopic (exact) mass is 494 g/mol. The number of carboxylic acid groups (broad SMARTS) is 1. The zero-order valence-corrected chi connectivity index (χ0v) is 19.5. The molecule has 3 aromatic rings. The van der Waals surface area contributed by atoms with Crippen LogP contribution in [0.2, 0.25) is 5.02 Å². The van der Waals surface area contributed by atoms with Gasteiger partial charge in [-0.3, -0.25) is 9.52 Å². The SMILES string of the molecule is CS(=O)(=O)Nc1cccc(C2CC2(NSc2ccc(-c3ccc(Cl)cc3)s2)C(=O)O)c1. The van der Waals surface area contributed by atoms with Gasteiger partial charge >= 0.3 is 5.97 Å². The lowest BCUT2D eigenvalue weighted by molar-refractivity contribution is -0.140. The van der Waals surface area contributed by atoms with E-state index in [1.54, 1.807) is 29.5 Å². The van der Waals surface area contributed by atoms with Gasteiger partial charge in [0, 0.05) is 21.5 Å².